The van der Waals surface area contributed by atoms with Crippen LogP contribution in [0.3, 0.4) is 0 Å². The average Bonchev–Trinajstić information content (AvgIpc) is 3.12. The number of fused-ring (bicyclic) bond motifs is 1. The molecule has 0 bridgehead atoms. The molecule has 0 aromatic carbocycles. The molecule has 28 heavy (non-hydrogen) atoms. The highest BCUT2D eigenvalue weighted by molar-refractivity contribution is 5.89. The van der Waals surface area contributed by atoms with E-state index in [2.05, 4.69) is 30.4 Å². The van der Waals surface area contributed by atoms with E-state index >= 15 is 0 Å². The minimum Gasteiger partial charge on any atom is -0.388 e. The van der Waals surface area contributed by atoms with Crippen LogP contribution in [0.4, 0.5) is 10.2 Å². The summed E-state index contributed by atoms with van der Waals surface area (Å²) in [5, 5.41) is 22.0. The van der Waals surface area contributed by atoms with Crippen LogP contribution >= 0.6 is 0 Å². The molecule has 3 aromatic rings. The number of aromatic nitrogens is 4. The molecule has 0 radical (unpaired) electrons. The molecule has 2 unspecified atom stereocenters. The lowest BCUT2D eigenvalue weighted by atomic mass is 9.84. The van der Waals surface area contributed by atoms with Gasteiger partial charge in [-0.25, -0.2) is 14.4 Å². The SMILES string of the molecule is CC(C)C(C)(O)C1CN(c2ccc(F)c(-c3[nH]nc4ncccc34)n2)CCN1. The smallest absolute Gasteiger partial charge is 0.181 e. The molecule has 4 rings (SSSR count). The second-order valence-corrected chi connectivity index (χ2v) is 7.81. The number of aliphatic hydroxyl groups is 1. The third-order valence-corrected chi connectivity index (χ3v) is 5.77. The number of anilines is 1. The topological polar surface area (TPSA) is 90.0 Å². The molecule has 3 aromatic heterocycles. The van der Waals surface area contributed by atoms with E-state index in [9.17, 15) is 9.50 Å². The van der Waals surface area contributed by atoms with Gasteiger partial charge in [0, 0.05) is 31.2 Å². The fraction of sp³-hybridized carbons (Fsp3) is 0.450. The number of H-pyrrole nitrogens is 1. The van der Waals surface area contributed by atoms with Crippen LogP contribution in [0.25, 0.3) is 22.4 Å². The maximum atomic E-state index is 14.6. The molecule has 148 valence electrons. The van der Waals surface area contributed by atoms with Gasteiger partial charge in [-0.05, 0) is 37.1 Å². The van der Waals surface area contributed by atoms with E-state index in [4.69, 9.17) is 0 Å². The van der Waals surface area contributed by atoms with Crippen LogP contribution in [0.5, 0.6) is 0 Å². The Labute approximate surface area is 163 Å². The number of halogens is 1. The second kappa shape index (κ2) is 7.10. The predicted octanol–water partition coefficient (Wildman–Crippen LogP) is 2.34. The van der Waals surface area contributed by atoms with Crippen LogP contribution in [-0.4, -0.2) is 56.5 Å². The first kappa shape index (κ1) is 18.8. The molecule has 7 nitrogen and oxygen atoms in total. The van der Waals surface area contributed by atoms with E-state index in [1.807, 2.05) is 26.8 Å². The van der Waals surface area contributed by atoms with Gasteiger partial charge in [0.1, 0.15) is 11.5 Å². The number of rotatable bonds is 4. The number of hydrogen-bond donors (Lipinski definition) is 3. The molecule has 0 amide bonds. The van der Waals surface area contributed by atoms with Gasteiger partial charge in [0.2, 0.25) is 0 Å². The largest absolute Gasteiger partial charge is 0.388 e. The van der Waals surface area contributed by atoms with Crippen molar-refractivity contribution in [2.75, 3.05) is 24.5 Å². The summed E-state index contributed by atoms with van der Waals surface area (Å²) in [7, 11) is 0. The maximum Gasteiger partial charge on any atom is 0.181 e. The van der Waals surface area contributed by atoms with E-state index in [1.165, 1.54) is 6.07 Å². The Balaban J connectivity index is 1.67. The van der Waals surface area contributed by atoms with Gasteiger partial charge in [0.25, 0.3) is 0 Å². The van der Waals surface area contributed by atoms with E-state index < -0.39 is 11.4 Å². The summed E-state index contributed by atoms with van der Waals surface area (Å²) in [6, 6.07) is 6.64. The number of aromatic amines is 1. The number of nitrogens with zero attached hydrogens (tertiary/aromatic N) is 4. The van der Waals surface area contributed by atoms with Crippen molar-refractivity contribution in [2.45, 2.75) is 32.4 Å². The molecule has 2 atom stereocenters. The highest BCUT2D eigenvalue weighted by Gasteiger charge is 2.38. The molecule has 0 saturated carbocycles. The molecule has 4 heterocycles. The number of hydrogen-bond acceptors (Lipinski definition) is 6. The summed E-state index contributed by atoms with van der Waals surface area (Å²) in [6.07, 6.45) is 1.65. The molecule has 3 N–H and O–H groups in total. The lowest BCUT2D eigenvalue weighted by Crippen LogP contribution is -2.62. The zero-order valence-electron chi connectivity index (χ0n) is 16.3. The molecule has 1 fully saturated rings. The normalized spacial score (nSPS) is 19.9. The first-order valence-corrected chi connectivity index (χ1v) is 9.54. The molecule has 0 aliphatic carbocycles. The molecule has 1 saturated heterocycles. The second-order valence-electron chi connectivity index (χ2n) is 7.81. The van der Waals surface area contributed by atoms with Gasteiger partial charge in [-0.1, -0.05) is 13.8 Å². The Morgan fingerprint density at radius 2 is 2.14 bits per heavy atom. The molecule has 1 aliphatic rings. The van der Waals surface area contributed by atoms with E-state index in [1.54, 1.807) is 18.3 Å². The fourth-order valence-electron chi connectivity index (χ4n) is 3.57. The zero-order chi connectivity index (χ0) is 19.9. The van der Waals surface area contributed by atoms with Crippen molar-refractivity contribution in [1.82, 2.24) is 25.5 Å². The van der Waals surface area contributed by atoms with Crippen LogP contribution in [0.15, 0.2) is 30.5 Å². The van der Waals surface area contributed by atoms with Crippen molar-refractivity contribution in [3.05, 3.63) is 36.3 Å². The summed E-state index contributed by atoms with van der Waals surface area (Å²) in [5.41, 5.74) is 0.411. The third kappa shape index (κ3) is 3.22. The fourth-order valence-corrected chi connectivity index (χ4v) is 3.57. The third-order valence-electron chi connectivity index (χ3n) is 5.77. The first-order chi connectivity index (χ1) is 13.4. The van der Waals surface area contributed by atoms with Crippen LogP contribution in [0.2, 0.25) is 0 Å². The summed E-state index contributed by atoms with van der Waals surface area (Å²) >= 11 is 0. The summed E-state index contributed by atoms with van der Waals surface area (Å²) < 4.78 is 14.6. The van der Waals surface area contributed by atoms with Crippen molar-refractivity contribution < 1.29 is 9.50 Å². The first-order valence-electron chi connectivity index (χ1n) is 9.54. The van der Waals surface area contributed by atoms with E-state index in [-0.39, 0.29) is 17.7 Å². The summed E-state index contributed by atoms with van der Waals surface area (Å²) in [6.45, 7) is 7.91. The monoisotopic (exact) mass is 384 g/mol. The molecule has 8 heteroatoms. The Morgan fingerprint density at radius 3 is 2.93 bits per heavy atom. The van der Waals surface area contributed by atoms with Gasteiger partial charge in [0.15, 0.2) is 11.5 Å². The van der Waals surface area contributed by atoms with Gasteiger partial charge in [0.05, 0.1) is 17.3 Å². The predicted molar refractivity (Wildman–Crippen MR) is 107 cm³/mol. The Hall–Kier alpha value is -2.58. The van der Waals surface area contributed by atoms with Crippen molar-refractivity contribution in [3.63, 3.8) is 0 Å². The van der Waals surface area contributed by atoms with Crippen molar-refractivity contribution in [1.29, 1.82) is 0 Å². The van der Waals surface area contributed by atoms with Crippen LogP contribution in [-0.2, 0) is 0 Å². The van der Waals surface area contributed by atoms with Crippen LogP contribution < -0.4 is 10.2 Å². The summed E-state index contributed by atoms with van der Waals surface area (Å²) in [4.78, 5) is 10.9. The highest BCUT2D eigenvalue weighted by atomic mass is 19.1. The Kier molecular flexibility index (Phi) is 4.76. The Bertz CT molecular complexity index is 986. The van der Waals surface area contributed by atoms with Gasteiger partial charge in [-0.15, -0.1) is 0 Å². The van der Waals surface area contributed by atoms with Crippen molar-refractivity contribution in [2.24, 2.45) is 5.92 Å². The lowest BCUT2D eigenvalue weighted by Gasteiger charge is -2.43. The van der Waals surface area contributed by atoms with Gasteiger partial charge in [-0.3, -0.25) is 5.10 Å². The molecule has 1 aliphatic heterocycles. The van der Waals surface area contributed by atoms with Gasteiger partial charge < -0.3 is 15.3 Å². The quantitative estimate of drug-likeness (QED) is 0.640. The average molecular weight is 384 g/mol. The number of nitrogens with one attached hydrogen (secondary N) is 2. The molecular weight excluding hydrogens is 359 g/mol. The number of piperazine rings is 1. The zero-order valence-corrected chi connectivity index (χ0v) is 16.3. The van der Waals surface area contributed by atoms with E-state index in [0.29, 0.717) is 23.7 Å². The lowest BCUT2D eigenvalue weighted by molar-refractivity contribution is -0.0231. The minimum atomic E-state index is -0.854. The molecular formula is C20H25FN6O. The maximum absolute atomic E-state index is 14.6. The Morgan fingerprint density at radius 1 is 1.32 bits per heavy atom. The van der Waals surface area contributed by atoms with Crippen LogP contribution in [0.1, 0.15) is 20.8 Å². The van der Waals surface area contributed by atoms with E-state index in [0.717, 1.165) is 18.5 Å². The van der Waals surface area contributed by atoms with Crippen molar-refractivity contribution in [3.8, 4) is 11.4 Å². The standard InChI is InChI=1S/C20H25FN6O/c1-12(2)20(3,28)15-11-27(10-9-22-15)16-7-6-14(21)18(24-16)17-13-5-4-8-23-19(13)26-25-17/h4-8,12,15,22,28H,9-11H2,1-3H3,(H,23,25,26). The number of pyridine rings is 2. The highest BCUT2D eigenvalue weighted by Crippen LogP contribution is 2.29. The van der Waals surface area contributed by atoms with Gasteiger partial charge in [-0.2, -0.15) is 5.10 Å². The minimum absolute atomic E-state index is 0.102. The summed E-state index contributed by atoms with van der Waals surface area (Å²) in [5.74, 6) is 0.360. The van der Waals surface area contributed by atoms with Gasteiger partial charge >= 0.3 is 0 Å². The molecule has 0 spiro atoms. The van der Waals surface area contributed by atoms with Crippen molar-refractivity contribution >= 4 is 16.9 Å². The van der Waals surface area contributed by atoms with Crippen LogP contribution in [0, 0.1) is 11.7 Å².